The van der Waals surface area contributed by atoms with Crippen LogP contribution in [0.25, 0.3) is 0 Å². The minimum absolute atomic E-state index is 0.00483. The number of rotatable bonds is 4. The highest BCUT2D eigenvalue weighted by molar-refractivity contribution is 6.31. The van der Waals surface area contributed by atoms with Gasteiger partial charge in [0.1, 0.15) is 17.6 Å². The monoisotopic (exact) mass is 373 g/mol. The van der Waals surface area contributed by atoms with Gasteiger partial charge < -0.3 is 9.47 Å². The van der Waals surface area contributed by atoms with Gasteiger partial charge in [0, 0.05) is 18.3 Å². The second kappa shape index (κ2) is 7.84. The molecule has 8 heteroatoms. The Hall–Kier alpha value is -4.12. The van der Waals surface area contributed by atoms with Crippen molar-refractivity contribution in [2.24, 2.45) is 0 Å². The van der Waals surface area contributed by atoms with Gasteiger partial charge in [0.25, 0.3) is 0 Å². The number of hydrogen-bond acceptors (Lipinski definition) is 7. The van der Waals surface area contributed by atoms with E-state index >= 15 is 0 Å². The van der Waals surface area contributed by atoms with Crippen LogP contribution in [0.15, 0.2) is 48.7 Å². The molecule has 128 valence electrons. The number of aromatic nitrogens is 2. The predicted octanol–water partition coefficient (Wildman–Crippen LogP) is 4.33. The SMILES string of the molecule is N#Cc1cc(C#N)cc(Oc2ccnc(Oc3ccc(C#N)c(Cl)c3)n2)c1. The highest BCUT2D eigenvalue weighted by Crippen LogP contribution is 2.27. The lowest BCUT2D eigenvalue weighted by atomic mass is 10.1. The maximum Gasteiger partial charge on any atom is 0.325 e. The molecule has 0 radical (unpaired) electrons. The zero-order chi connectivity index (χ0) is 19.2. The van der Waals surface area contributed by atoms with Gasteiger partial charge in [0.05, 0.1) is 33.9 Å². The van der Waals surface area contributed by atoms with E-state index in [1.807, 2.05) is 18.2 Å². The van der Waals surface area contributed by atoms with Crippen LogP contribution in [0.1, 0.15) is 16.7 Å². The van der Waals surface area contributed by atoms with Gasteiger partial charge in [-0.3, -0.25) is 0 Å². The summed E-state index contributed by atoms with van der Waals surface area (Å²) in [4.78, 5) is 8.11. The molecule has 0 N–H and O–H groups in total. The van der Waals surface area contributed by atoms with Crippen molar-refractivity contribution in [2.75, 3.05) is 0 Å². The summed E-state index contributed by atoms with van der Waals surface area (Å²) in [6.07, 6.45) is 1.43. The number of hydrogen-bond donors (Lipinski definition) is 0. The van der Waals surface area contributed by atoms with Crippen molar-refractivity contribution in [2.45, 2.75) is 0 Å². The van der Waals surface area contributed by atoms with E-state index in [2.05, 4.69) is 9.97 Å². The lowest BCUT2D eigenvalue weighted by Crippen LogP contribution is -1.95. The molecule has 2 aromatic carbocycles. The van der Waals surface area contributed by atoms with E-state index < -0.39 is 0 Å². The fourth-order valence-corrected chi connectivity index (χ4v) is 2.31. The first kappa shape index (κ1) is 17.7. The maximum atomic E-state index is 9.02. The first-order valence-corrected chi connectivity index (χ1v) is 7.83. The molecule has 0 aliphatic carbocycles. The minimum atomic E-state index is 0.00483. The predicted molar refractivity (Wildman–Crippen MR) is 94.2 cm³/mol. The lowest BCUT2D eigenvalue weighted by molar-refractivity contribution is 0.411. The Labute approximate surface area is 159 Å². The van der Waals surface area contributed by atoms with E-state index in [1.165, 1.54) is 42.6 Å². The molecule has 0 atom stereocenters. The fourth-order valence-electron chi connectivity index (χ4n) is 2.09. The molecule has 3 aromatic rings. The van der Waals surface area contributed by atoms with Gasteiger partial charge in [-0.25, -0.2) is 4.98 Å². The Morgan fingerprint density at radius 1 is 0.815 bits per heavy atom. The normalized spacial score (nSPS) is 9.56. The average molecular weight is 374 g/mol. The molecular weight excluding hydrogens is 366 g/mol. The zero-order valence-corrected chi connectivity index (χ0v) is 14.3. The summed E-state index contributed by atoms with van der Waals surface area (Å²) < 4.78 is 11.1. The molecule has 0 fully saturated rings. The standard InChI is InChI=1S/C19H8ClN5O2/c20-17-8-15(2-1-14(17)11-23)27-19-24-4-3-18(25-19)26-16-6-12(9-21)5-13(7-16)10-22/h1-8H. The van der Waals surface area contributed by atoms with E-state index in [0.29, 0.717) is 22.4 Å². The van der Waals surface area contributed by atoms with E-state index in [-0.39, 0.29) is 22.7 Å². The number of nitriles is 3. The van der Waals surface area contributed by atoms with Crippen LogP contribution in [0.4, 0.5) is 0 Å². The van der Waals surface area contributed by atoms with Crippen molar-refractivity contribution in [1.82, 2.24) is 9.97 Å². The van der Waals surface area contributed by atoms with Crippen LogP contribution in [0.2, 0.25) is 5.02 Å². The van der Waals surface area contributed by atoms with Crippen LogP contribution in [-0.4, -0.2) is 9.97 Å². The fraction of sp³-hybridized carbons (Fsp3) is 0. The molecule has 1 heterocycles. The minimum Gasteiger partial charge on any atom is -0.439 e. The number of halogens is 1. The molecule has 0 aliphatic heterocycles. The summed E-state index contributed by atoms with van der Waals surface area (Å²) in [6, 6.07) is 16.4. The number of nitrogens with zero attached hydrogens (tertiary/aromatic N) is 5. The summed E-state index contributed by atoms with van der Waals surface area (Å²) in [7, 11) is 0. The van der Waals surface area contributed by atoms with Gasteiger partial charge in [-0.1, -0.05) is 11.6 Å². The summed E-state index contributed by atoms with van der Waals surface area (Å²) in [5.74, 6) is 0.810. The van der Waals surface area contributed by atoms with Crippen LogP contribution >= 0.6 is 11.6 Å². The zero-order valence-electron chi connectivity index (χ0n) is 13.5. The summed E-state index contributed by atoms with van der Waals surface area (Å²) >= 11 is 5.97. The largest absolute Gasteiger partial charge is 0.439 e. The second-order valence-electron chi connectivity index (χ2n) is 5.10. The van der Waals surface area contributed by atoms with Crippen LogP contribution in [0.3, 0.4) is 0 Å². The molecule has 0 saturated heterocycles. The third-order valence-electron chi connectivity index (χ3n) is 3.27. The summed E-state index contributed by atoms with van der Waals surface area (Å²) in [5.41, 5.74) is 0.913. The molecule has 0 bridgehead atoms. The molecule has 0 amide bonds. The van der Waals surface area contributed by atoms with E-state index in [9.17, 15) is 0 Å². The Bertz CT molecular complexity index is 1110. The number of benzene rings is 2. The Morgan fingerprint density at radius 3 is 2.19 bits per heavy atom. The Balaban J connectivity index is 1.82. The molecule has 7 nitrogen and oxygen atoms in total. The topological polar surface area (TPSA) is 116 Å². The maximum absolute atomic E-state index is 9.02. The molecule has 0 aliphatic rings. The van der Waals surface area contributed by atoms with Gasteiger partial charge in [0.2, 0.25) is 5.88 Å². The van der Waals surface area contributed by atoms with Crippen LogP contribution < -0.4 is 9.47 Å². The first-order chi connectivity index (χ1) is 13.1. The van der Waals surface area contributed by atoms with Gasteiger partial charge >= 0.3 is 6.01 Å². The van der Waals surface area contributed by atoms with Crippen LogP contribution in [0.5, 0.6) is 23.4 Å². The molecule has 1 aromatic heterocycles. The van der Waals surface area contributed by atoms with E-state index in [4.69, 9.17) is 36.9 Å². The van der Waals surface area contributed by atoms with Crippen molar-refractivity contribution >= 4 is 11.6 Å². The van der Waals surface area contributed by atoms with Crippen LogP contribution in [0, 0.1) is 34.0 Å². The van der Waals surface area contributed by atoms with Gasteiger partial charge in [0.15, 0.2) is 0 Å². The molecule has 3 rings (SSSR count). The molecule has 27 heavy (non-hydrogen) atoms. The van der Waals surface area contributed by atoms with Gasteiger partial charge in [-0.2, -0.15) is 20.8 Å². The molecule has 0 unspecified atom stereocenters. The second-order valence-corrected chi connectivity index (χ2v) is 5.51. The van der Waals surface area contributed by atoms with Crippen molar-refractivity contribution in [3.63, 3.8) is 0 Å². The third kappa shape index (κ3) is 4.29. The van der Waals surface area contributed by atoms with Crippen molar-refractivity contribution in [3.8, 4) is 41.6 Å². The van der Waals surface area contributed by atoms with E-state index in [0.717, 1.165) is 0 Å². The number of ether oxygens (including phenoxy) is 2. The molecule has 0 saturated carbocycles. The smallest absolute Gasteiger partial charge is 0.325 e. The van der Waals surface area contributed by atoms with Gasteiger partial charge in [-0.05, 0) is 30.3 Å². The van der Waals surface area contributed by atoms with Gasteiger partial charge in [-0.15, -0.1) is 0 Å². The lowest BCUT2D eigenvalue weighted by Gasteiger charge is -2.08. The highest BCUT2D eigenvalue weighted by Gasteiger charge is 2.08. The molecular formula is C19H8ClN5O2. The summed E-state index contributed by atoms with van der Waals surface area (Å²) in [6.45, 7) is 0. The highest BCUT2D eigenvalue weighted by atomic mass is 35.5. The average Bonchev–Trinajstić information content (AvgIpc) is 2.68. The van der Waals surface area contributed by atoms with Crippen molar-refractivity contribution in [3.05, 3.63) is 70.4 Å². The molecule has 0 spiro atoms. The first-order valence-electron chi connectivity index (χ1n) is 7.45. The third-order valence-corrected chi connectivity index (χ3v) is 3.58. The van der Waals surface area contributed by atoms with Crippen LogP contribution in [-0.2, 0) is 0 Å². The Morgan fingerprint density at radius 2 is 1.56 bits per heavy atom. The Kier molecular flexibility index (Phi) is 5.14. The quantitative estimate of drug-likeness (QED) is 0.668. The van der Waals surface area contributed by atoms with E-state index in [1.54, 1.807) is 6.07 Å². The summed E-state index contributed by atoms with van der Waals surface area (Å²) in [5, 5.41) is 27.2. The van der Waals surface area contributed by atoms with Crippen molar-refractivity contribution in [1.29, 1.82) is 15.8 Å². The van der Waals surface area contributed by atoms with Crippen molar-refractivity contribution < 1.29 is 9.47 Å².